The predicted molar refractivity (Wildman–Crippen MR) is 97.3 cm³/mol. The standard InChI is InChI=1S/C18H16ClN3O3/c1-11(17(23)21-15-9-13(19)7-8-16(15)25-2)22-18(24)14-6-4-3-5-12(14)10-20-22/h3-11H,1-2H3,(H,21,23)/t11-/m1/s1. The number of benzene rings is 2. The second kappa shape index (κ2) is 6.94. The van der Waals surface area contributed by atoms with Crippen molar-refractivity contribution in [1.29, 1.82) is 0 Å². The number of nitrogens with one attached hydrogen (secondary N) is 1. The number of carbonyl (C=O) groups is 1. The average molecular weight is 358 g/mol. The van der Waals surface area contributed by atoms with Crippen LogP contribution < -0.4 is 15.6 Å². The number of halogens is 1. The van der Waals surface area contributed by atoms with Crippen LogP contribution in [0.3, 0.4) is 0 Å². The third-order valence-corrected chi connectivity index (χ3v) is 4.12. The quantitative estimate of drug-likeness (QED) is 0.777. The molecule has 0 aliphatic rings. The second-order valence-corrected chi connectivity index (χ2v) is 5.93. The minimum absolute atomic E-state index is 0.321. The van der Waals surface area contributed by atoms with Gasteiger partial charge in [-0.2, -0.15) is 5.10 Å². The Morgan fingerprint density at radius 3 is 2.80 bits per heavy atom. The van der Waals surface area contributed by atoms with Gasteiger partial charge in [0.25, 0.3) is 5.56 Å². The summed E-state index contributed by atoms with van der Waals surface area (Å²) in [5.41, 5.74) is 0.111. The van der Waals surface area contributed by atoms with E-state index in [1.54, 1.807) is 49.5 Å². The van der Waals surface area contributed by atoms with E-state index in [-0.39, 0.29) is 5.56 Å². The molecule has 0 saturated heterocycles. The number of ether oxygens (including phenoxy) is 1. The highest BCUT2D eigenvalue weighted by Gasteiger charge is 2.20. The molecular formula is C18H16ClN3O3. The molecule has 0 bridgehead atoms. The van der Waals surface area contributed by atoms with Crippen LogP contribution in [0.25, 0.3) is 10.8 Å². The molecule has 0 aliphatic heterocycles. The molecule has 1 aromatic heterocycles. The molecule has 0 radical (unpaired) electrons. The number of hydrogen-bond donors (Lipinski definition) is 1. The van der Waals surface area contributed by atoms with Gasteiger partial charge in [0.1, 0.15) is 11.8 Å². The first kappa shape index (κ1) is 17.0. The summed E-state index contributed by atoms with van der Waals surface area (Å²) in [5.74, 6) is 0.0780. The Morgan fingerprint density at radius 2 is 2.04 bits per heavy atom. The summed E-state index contributed by atoms with van der Waals surface area (Å²) in [4.78, 5) is 25.1. The third kappa shape index (κ3) is 3.34. The van der Waals surface area contributed by atoms with Gasteiger partial charge in [0, 0.05) is 10.4 Å². The van der Waals surface area contributed by atoms with Gasteiger partial charge in [-0.05, 0) is 31.2 Å². The minimum atomic E-state index is -0.805. The van der Waals surface area contributed by atoms with E-state index in [9.17, 15) is 9.59 Å². The van der Waals surface area contributed by atoms with E-state index in [2.05, 4.69) is 10.4 Å². The Hall–Kier alpha value is -2.86. The van der Waals surface area contributed by atoms with Crippen LogP contribution in [-0.2, 0) is 4.79 Å². The Labute approximate surface area is 149 Å². The topological polar surface area (TPSA) is 73.2 Å². The molecular weight excluding hydrogens is 342 g/mol. The van der Waals surface area contributed by atoms with Crippen molar-refractivity contribution in [3.63, 3.8) is 0 Å². The molecule has 0 fully saturated rings. The van der Waals surface area contributed by atoms with Gasteiger partial charge in [-0.3, -0.25) is 9.59 Å². The number of amides is 1. The summed E-state index contributed by atoms with van der Waals surface area (Å²) in [5, 5.41) is 8.55. The van der Waals surface area contributed by atoms with E-state index >= 15 is 0 Å². The third-order valence-electron chi connectivity index (χ3n) is 3.89. The number of carbonyl (C=O) groups excluding carboxylic acids is 1. The number of methoxy groups -OCH3 is 1. The van der Waals surface area contributed by atoms with Gasteiger partial charge in [0.2, 0.25) is 5.91 Å². The molecule has 3 aromatic rings. The van der Waals surface area contributed by atoms with Gasteiger partial charge in [-0.1, -0.05) is 29.8 Å². The molecule has 128 valence electrons. The van der Waals surface area contributed by atoms with Crippen molar-refractivity contribution in [1.82, 2.24) is 9.78 Å². The summed E-state index contributed by atoms with van der Waals surface area (Å²) < 4.78 is 6.37. The van der Waals surface area contributed by atoms with Gasteiger partial charge in [-0.25, -0.2) is 4.68 Å². The van der Waals surface area contributed by atoms with E-state index in [0.29, 0.717) is 21.8 Å². The van der Waals surface area contributed by atoms with Crippen LogP contribution in [0.1, 0.15) is 13.0 Å². The van der Waals surface area contributed by atoms with Crippen LogP contribution in [-0.4, -0.2) is 22.8 Å². The van der Waals surface area contributed by atoms with Crippen LogP contribution in [0, 0.1) is 0 Å². The predicted octanol–water partition coefficient (Wildman–Crippen LogP) is 3.26. The number of rotatable bonds is 4. The average Bonchev–Trinajstić information content (AvgIpc) is 2.62. The first-order valence-corrected chi connectivity index (χ1v) is 8.00. The molecule has 0 saturated carbocycles. The van der Waals surface area contributed by atoms with Crippen LogP contribution >= 0.6 is 11.6 Å². The smallest absolute Gasteiger partial charge is 0.275 e. The summed E-state index contributed by atoms with van der Waals surface area (Å²) in [7, 11) is 1.50. The fourth-order valence-electron chi connectivity index (χ4n) is 2.51. The summed E-state index contributed by atoms with van der Waals surface area (Å²) in [6.07, 6.45) is 1.57. The Balaban J connectivity index is 1.92. The molecule has 2 aromatic carbocycles. The zero-order chi connectivity index (χ0) is 18.0. The van der Waals surface area contributed by atoms with E-state index in [4.69, 9.17) is 16.3 Å². The lowest BCUT2D eigenvalue weighted by atomic mass is 10.2. The zero-order valence-corrected chi connectivity index (χ0v) is 14.4. The lowest BCUT2D eigenvalue weighted by Crippen LogP contribution is -2.33. The normalized spacial score (nSPS) is 12.0. The summed E-state index contributed by atoms with van der Waals surface area (Å²) in [6, 6.07) is 11.2. The molecule has 1 amide bonds. The van der Waals surface area contributed by atoms with Crippen molar-refractivity contribution in [2.75, 3.05) is 12.4 Å². The van der Waals surface area contributed by atoms with Gasteiger partial charge in [0.05, 0.1) is 24.4 Å². The molecule has 7 heteroatoms. The SMILES string of the molecule is COc1ccc(Cl)cc1NC(=O)[C@@H](C)n1ncc2ccccc2c1=O. The van der Waals surface area contributed by atoms with Crippen molar-refractivity contribution in [2.45, 2.75) is 13.0 Å². The first-order chi connectivity index (χ1) is 12.0. The summed E-state index contributed by atoms with van der Waals surface area (Å²) in [6.45, 7) is 1.61. The van der Waals surface area contributed by atoms with Gasteiger partial charge in [0.15, 0.2) is 0 Å². The monoisotopic (exact) mass is 357 g/mol. The fourth-order valence-corrected chi connectivity index (χ4v) is 2.68. The van der Waals surface area contributed by atoms with Crippen LogP contribution in [0.5, 0.6) is 5.75 Å². The number of nitrogens with zero attached hydrogens (tertiary/aromatic N) is 2. The van der Waals surface area contributed by atoms with Crippen LogP contribution in [0.15, 0.2) is 53.5 Å². The summed E-state index contributed by atoms with van der Waals surface area (Å²) >= 11 is 5.97. The molecule has 0 unspecified atom stereocenters. The highest BCUT2D eigenvalue weighted by molar-refractivity contribution is 6.31. The lowest BCUT2D eigenvalue weighted by Gasteiger charge is -2.16. The van der Waals surface area contributed by atoms with E-state index in [1.165, 1.54) is 7.11 Å². The van der Waals surface area contributed by atoms with Gasteiger partial charge >= 0.3 is 0 Å². The van der Waals surface area contributed by atoms with Crippen molar-refractivity contribution in [3.05, 3.63) is 64.0 Å². The van der Waals surface area contributed by atoms with Crippen LogP contribution in [0.2, 0.25) is 5.02 Å². The van der Waals surface area contributed by atoms with Crippen molar-refractivity contribution in [3.8, 4) is 5.75 Å². The largest absolute Gasteiger partial charge is 0.495 e. The molecule has 0 aliphatic carbocycles. The van der Waals surface area contributed by atoms with Crippen LogP contribution in [0.4, 0.5) is 5.69 Å². The molecule has 1 N–H and O–H groups in total. The zero-order valence-electron chi connectivity index (χ0n) is 13.7. The maximum atomic E-state index is 12.6. The molecule has 3 rings (SSSR count). The minimum Gasteiger partial charge on any atom is -0.495 e. The number of anilines is 1. The Bertz CT molecular complexity index is 1000. The molecule has 6 nitrogen and oxygen atoms in total. The highest BCUT2D eigenvalue weighted by atomic mass is 35.5. The Morgan fingerprint density at radius 1 is 1.28 bits per heavy atom. The van der Waals surface area contributed by atoms with Gasteiger partial charge in [-0.15, -0.1) is 0 Å². The lowest BCUT2D eigenvalue weighted by molar-refractivity contribution is -0.119. The second-order valence-electron chi connectivity index (χ2n) is 5.49. The maximum absolute atomic E-state index is 12.6. The van der Waals surface area contributed by atoms with Crippen molar-refractivity contribution >= 4 is 34.0 Å². The molecule has 0 spiro atoms. The number of hydrogen-bond acceptors (Lipinski definition) is 4. The fraction of sp³-hybridized carbons (Fsp3) is 0.167. The highest BCUT2D eigenvalue weighted by Crippen LogP contribution is 2.28. The maximum Gasteiger partial charge on any atom is 0.275 e. The number of aromatic nitrogens is 2. The van der Waals surface area contributed by atoms with E-state index in [1.807, 2.05) is 6.07 Å². The first-order valence-electron chi connectivity index (χ1n) is 7.62. The molecule has 1 atom stereocenters. The van der Waals surface area contributed by atoms with E-state index < -0.39 is 11.9 Å². The Kier molecular flexibility index (Phi) is 4.72. The molecule has 1 heterocycles. The molecule has 25 heavy (non-hydrogen) atoms. The van der Waals surface area contributed by atoms with Crippen molar-refractivity contribution in [2.24, 2.45) is 0 Å². The van der Waals surface area contributed by atoms with Crippen molar-refractivity contribution < 1.29 is 9.53 Å². The van der Waals surface area contributed by atoms with E-state index in [0.717, 1.165) is 10.1 Å². The van der Waals surface area contributed by atoms with Gasteiger partial charge < -0.3 is 10.1 Å². The number of fused-ring (bicyclic) bond motifs is 1.